The van der Waals surface area contributed by atoms with E-state index in [1.807, 2.05) is 0 Å². The average Bonchev–Trinajstić information content (AvgIpc) is 2.60. The molecule has 2 rings (SSSR count). The van der Waals surface area contributed by atoms with Crippen molar-refractivity contribution < 1.29 is 24.5 Å². The standard InChI is InChI=1S/C8H8O5/c9-7(10)5-3-1-2-4(13-3)6(5)8(11)12/h1-6H,(H,9,10)(H,11,12). The first-order valence-electron chi connectivity index (χ1n) is 3.90. The summed E-state index contributed by atoms with van der Waals surface area (Å²) in [5, 5.41) is 17.6. The number of hydrogen-bond donors (Lipinski definition) is 2. The van der Waals surface area contributed by atoms with E-state index in [0.29, 0.717) is 0 Å². The van der Waals surface area contributed by atoms with E-state index in [9.17, 15) is 9.59 Å². The summed E-state index contributed by atoms with van der Waals surface area (Å²) in [4.78, 5) is 21.5. The highest BCUT2D eigenvalue weighted by Crippen LogP contribution is 2.39. The van der Waals surface area contributed by atoms with E-state index in [-0.39, 0.29) is 0 Å². The van der Waals surface area contributed by atoms with E-state index in [4.69, 9.17) is 14.9 Å². The molecular formula is C8H8O5. The molecule has 0 saturated carbocycles. The van der Waals surface area contributed by atoms with E-state index in [0.717, 1.165) is 0 Å². The fourth-order valence-electron chi connectivity index (χ4n) is 1.90. The van der Waals surface area contributed by atoms with Crippen LogP contribution in [0.15, 0.2) is 12.2 Å². The number of hydrogen-bond acceptors (Lipinski definition) is 3. The number of rotatable bonds is 2. The first kappa shape index (κ1) is 8.25. The lowest BCUT2D eigenvalue weighted by atomic mass is 9.83. The molecule has 4 unspecified atom stereocenters. The summed E-state index contributed by atoms with van der Waals surface area (Å²) in [6, 6.07) is 0. The molecule has 13 heavy (non-hydrogen) atoms. The van der Waals surface area contributed by atoms with Crippen molar-refractivity contribution in [2.24, 2.45) is 11.8 Å². The van der Waals surface area contributed by atoms with Crippen LogP contribution in [0, 0.1) is 11.8 Å². The van der Waals surface area contributed by atoms with Gasteiger partial charge in [-0.25, -0.2) is 0 Å². The second-order valence-corrected chi connectivity index (χ2v) is 3.18. The number of ether oxygens (including phenoxy) is 1. The van der Waals surface area contributed by atoms with Gasteiger partial charge in [0.2, 0.25) is 0 Å². The van der Waals surface area contributed by atoms with Crippen molar-refractivity contribution in [2.45, 2.75) is 12.2 Å². The first-order chi connectivity index (χ1) is 6.11. The summed E-state index contributed by atoms with van der Waals surface area (Å²) >= 11 is 0. The van der Waals surface area contributed by atoms with Gasteiger partial charge in [0, 0.05) is 0 Å². The molecule has 0 aromatic heterocycles. The van der Waals surface area contributed by atoms with Gasteiger partial charge in [0.1, 0.15) is 11.8 Å². The maximum atomic E-state index is 10.7. The van der Waals surface area contributed by atoms with Crippen LogP contribution in [0.5, 0.6) is 0 Å². The smallest absolute Gasteiger partial charge is 0.310 e. The van der Waals surface area contributed by atoms with Gasteiger partial charge in [-0.1, -0.05) is 12.2 Å². The van der Waals surface area contributed by atoms with Crippen molar-refractivity contribution in [2.75, 3.05) is 0 Å². The molecular weight excluding hydrogens is 176 g/mol. The van der Waals surface area contributed by atoms with Crippen molar-refractivity contribution >= 4 is 11.9 Å². The van der Waals surface area contributed by atoms with Gasteiger partial charge in [-0.2, -0.15) is 0 Å². The first-order valence-corrected chi connectivity index (χ1v) is 3.90. The molecule has 5 nitrogen and oxygen atoms in total. The topological polar surface area (TPSA) is 83.8 Å². The minimum Gasteiger partial charge on any atom is -0.481 e. The van der Waals surface area contributed by atoms with E-state index in [1.165, 1.54) is 0 Å². The molecule has 1 saturated heterocycles. The molecule has 4 atom stereocenters. The third-order valence-electron chi connectivity index (χ3n) is 2.47. The Labute approximate surface area is 73.6 Å². The van der Waals surface area contributed by atoms with E-state index in [2.05, 4.69) is 0 Å². The largest absolute Gasteiger partial charge is 0.481 e. The van der Waals surface area contributed by atoms with Crippen LogP contribution in [0.1, 0.15) is 0 Å². The van der Waals surface area contributed by atoms with E-state index in [1.54, 1.807) is 12.2 Å². The highest BCUT2D eigenvalue weighted by atomic mass is 16.5. The molecule has 0 aromatic rings. The quantitative estimate of drug-likeness (QED) is 0.577. The Morgan fingerprint density at radius 3 is 1.69 bits per heavy atom. The third kappa shape index (κ3) is 1.04. The Balaban J connectivity index is 2.30. The second-order valence-electron chi connectivity index (χ2n) is 3.18. The second kappa shape index (κ2) is 2.56. The summed E-state index contributed by atoms with van der Waals surface area (Å²) < 4.78 is 5.15. The molecule has 2 N–H and O–H groups in total. The zero-order chi connectivity index (χ0) is 9.59. The molecule has 70 valence electrons. The lowest BCUT2D eigenvalue weighted by Gasteiger charge is -2.16. The Bertz CT molecular complexity index is 267. The maximum absolute atomic E-state index is 10.7. The molecule has 5 heteroatoms. The van der Waals surface area contributed by atoms with Crippen molar-refractivity contribution in [1.29, 1.82) is 0 Å². The Morgan fingerprint density at radius 1 is 1.00 bits per heavy atom. The molecule has 0 aliphatic carbocycles. The van der Waals surface area contributed by atoms with Crippen LogP contribution in [0.3, 0.4) is 0 Å². The third-order valence-corrected chi connectivity index (χ3v) is 2.47. The van der Waals surface area contributed by atoms with Crippen LogP contribution < -0.4 is 0 Å². The number of carboxylic acid groups (broad SMARTS) is 2. The highest BCUT2D eigenvalue weighted by molar-refractivity contribution is 5.82. The lowest BCUT2D eigenvalue weighted by Crippen LogP contribution is -2.36. The zero-order valence-electron chi connectivity index (χ0n) is 6.58. The summed E-state index contributed by atoms with van der Waals surface area (Å²) in [6.07, 6.45) is 2.10. The summed E-state index contributed by atoms with van der Waals surface area (Å²) in [5.41, 5.74) is 0. The van der Waals surface area contributed by atoms with Crippen LogP contribution in [0.4, 0.5) is 0 Å². The Morgan fingerprint density at radius 2 is 1.38 bits per heavy atom. The van der Waals surface area contributed by atoms with Gasteiger partial charge in [-0.15, -0.1) is 0 Å². The van der Waals surface area contributed by atoms with Crippen LogP contribution in [0.2, 0.25) is 0 Å². The van der Waals surface area contributed by atoms with Crippen molar-refractivity contribution in [1.82, 2.24) is 0 Å². The van der Waals surface area contributed by atoms with Crippen LogP contribution in [0.25, 0.3) is 0 Å². The molecule has 2 aliphatic heterocycles. The molecule has 2 heterocycles. The van der Waals surface area contributed by atoms with Gasteiger partial charge >= 0.3 is 11.9 Å². The van der Waals surface area contributed by atoms with E-state index < -0.39 is 36.0 Å². The predicted molar refractivity (Wildman–Crippen MR) is 40.1 cm³/mol. The van der Waals surface area contributed by atoms with E-state index >= 15 is 0 Å². The summed E-state index contributed by atoms with van der Waals surface area (Å²) in [5.74, 6) is -4.09. The number of carbonyl (C=O) groups is 2. The van der Waals surface area contributed by atoms with Gasteiger partial charge in [0.15, 0.2) is 0 Å². The predicted octanol–water partition coefficient (Wildman–Crippen LogP) is -0.275. The van der Waals surface area contributed by atoms with Crippen LogP contribution in [-0.4, -0.2) is 34.4 Å². The zero-order valence-corrected chi connectivity index (χ0v) is 6.58. The lowest BCUT2D eigenvalue weighted by molar-refractivity contribution is -0.152. The van der Waals surface area contributed by atoms with Crippen molar-refractivity contribution in [3.8, 4) is 0 Å². The van der Waals surface area contributed by atoms with Gasteiger partial charge < -0.3 is 14.9 Å². The van der Waals surface area contributed by atoms with Crippen molar-refractivity contribution in [3.05, 3.63) is 12.2 Å². The van der Waals surface area contributed by atoms with Crippen LogP contribution in [-0.2, 0) is 14.3 Å². The average molecular weight is 184 g/mol. The van der Waals surface area contributed by atoms with Gasteiger partial charge in [-0.05, 0) is 0 Å². The minimum absolute atomic E-state index is 0.566. The SMILES string of the molecule is O=C(O)C1C2C=CC(O2)C1C(=O)O. The minimum atomic E-state index is -1.11. The molecule has 0 aromatic carbocycles. The fourth-order valence-corrected chi connectivity index (χ4v) is 1.90. The van der Waals surface area contributed by atoms with Gasteiger partial charge in [0.05, 0.1) is 12.2 Å². The normalized spacial score (nSPS) is 40.9. The van der Waals surface area contributed by atoms with Crippen LogP contribution >= 0.6 is 0 Å². The Kier molecular flexibility index (Phi) is 1.63. The monoisotopic (exact) mass is 184 g/mol. The molecule has 0 spiro atoms. The molecule has 0 amide bonds. The highest BCUT2D eigenvalue weighted by Gasteiger charge is 2.53. The Hall–Kier alpha value is -1.36. The summed E-state index contributed by atoms with van der Waals surface area (Å²) in [6.45, 7) is 0. The number of aliphatic carboxylic acids is 2. The molecule has 2 aliphatic rings. The maximum Gasteiger partial charge on any atom is 0.310 e. The number of carboxylic acids is 2. The van der Waals surface area contributed by atoms with Gasteiger partial charge in [-0.3, -0.25) is 9.59 Å². The molecule has 2 bridgehead atoms. The number of fused-ring (bicyclic) bond motifs is 2. The fraction of sp³-hybridized carbons (Fsp3) is 0.500. The molecule has 1 fully saturated rings. The van der Waals surface area contributed by atoms with Crippen molar-refractivity contribution in [3.63, 3.8) is 0 Å². The summed E-state index contributed by atoms with van der Waals surface area (Å²) in [7, 11) is 0. The van der Waals surface area contributed by atoms with Gasteiger partial charge in [0.25, 0.3) is 0 Å². The molecule has 0 radical (unpaired) electrons.